The van der Waals surface area contributed by atoms with Gasteiger partial charge in [0.2, 0.25) is 0 Å². The Hall–Kier alpha value is -1.46. The number of piperazine rings is 1. The van der Waals surface area contributed by atoms with Gasteiger partial charge in [-0.2, -0.15) is 0 Å². The Morgan fingerprint density at radius 2 is 2.05 bits per heavy atom. The fraction of sp³-hybridized carbons (Fsp3) is 0.500. The fourth-order valence-electron chi connectivity index (χ4n) is 2.79. The first-order valence-corrected chi connectivity index (χ1v) is 6.73. The molecule has 1 aliphatic heterocycles. The van der Waals surface area contributed by atoms with Gasteiger partial charge in [-0.25, -0.2) is 9.37 Å². The molecule has 1 aromatic carbocycles. The fourth-order valence-corrected chi connectivity index (χ4v) is 2.79. The molecule has 1 aliphatic rings. The monoisotopic (exact) mass is 262 g/mol. The zero-order valence-electron chi connectivity index (χ0n) is 11.4. The van der Waals surface area contributed by atoms with Gasteiger partial charge < -0.3 is 9.88 Å². The van der Waals surface area contributed by atoms with E-state index in [0.29, 0.717) is 0 Å². The Morgan fingerprint density at radius 1 is 1.32 bits per heavy atom. The van der Waals surface area contributed by atoms with Crippen molar-refractivity contribution in [2.45, 2.75) is 13.0 Å². The van der Waals surface area contributed by atoms with Gasteiger partial charge in [-0.15, -0.1) is 0 Å². The molecule has 3 rings (SSSR count). The van der Waals surface area contributed by atoms with Crippen molar-refractivity contribution < 1.29 is 4.39 Å². The number of aromatic nitrogens is 2. The van der Waals surface area contributed by atoms with Crippen LogP contribution in [-0.4, -0.2) is 40.6 Å². The number of imidazole rings is 1. The Balaban J connectivity index is 1.97. The first-order valence-electron chi connectivity index (χ1n) is 6.73. The molecular formula is C14H19FN4. The molecule has 0 spiro atoms. The van der Waals surface area contributed by atoms with Gasteiger partial charge in [-0.05, 0) is 25.1 Å². The van der Waals surface area contributed by atoms with Gasteiger partial charge >= 0.3 is 0 Å². The van der Waals surface area contributed by atoms with E-state index < -0.39 is 0 Å². The zero-order chi connectivity index (χ0) is 13.4. The van der Waals surface area contributed by atoms with Crippen LogP contribution in [0.15, 0.2) is 18.2 Å². The molecule has 2 heterocycles. The van der Waals surface area contributed by atoms with Crippen LogP contribution in [0.5, 0.6) is 0 Å². The number of halogens is 1. The van der Waals surface area contributed by atoms with Crippen molar-refractivity contribution >= 4 is 11.0 Å². The SMILES string of the molecule is CC(c1nc2ccc(F)cc2n1C)N1CCNCC1. The Kier molecular flexibility index (Phi) is 3.24. The van der Waals surface area contributed by atoms with Crippen molar-refractivity contribution in [3.8, 4) is 0 Å². The van der Waals surface area contributed by atoms with Gasteiger partial charge in [0.25, 0.3) is 0 Å². The van der Waals surface area contributed by atoms with E-state index in [1.165, 1.54) is 6.07 Å². The van der Waals surface area contributed by atoms with Crippen LogP contribution >= 0.6 is 0 Å². The zero-order valence-corrected chi connectivity index (χ0v) is 11.4. The van der Waals surface area contributed by atoms with Crippen LogP contribution in [0.2, 0.25) is 0 Å². The van der Waals surface area contributed by atoms with E-state index in [1.807, 2.05) is 11.6 Å². The number of rotatable bonds is 2. The van der Waals surface area contributed by atoms with Crippen LogP contribution in [0.4, 0.5) is 4.39 Å². The molecule has 5 heteroatoms. The third-order valence-electron chi connectivity index (χ3n) is 3.95. The van der Waals surface area contributed by atoms with Gasteiger partial charge in [-0.1, -0.05) is 0 Å². The summed E-state index contributed by atoms with van der Waals surface area (Å²) in [4.78, 5) is 7.07. The number of hydrogen-bond acceptors (Lipinski definition) is 3. The van der Waals surface area contributed by atoms with Crippen molar-refractivity contribution in [2.24, 2.45) is 7.05 Å². The second-order valence-electron chi connectivity index (χ2n) is 5.12. The molecule has 4 nitrogen and oxygen atoms in total. The predicted molar refractivity (Wildman–Crippen MR) is 73.5 cm³/mol. The highest BCUT2D eigenvalue weighted by Crippen LogP contribution is 2.24. The van der Waals surface area contributed by atoms with Crippen LogP contribution in [0.1, 0.15) is 18.8 Å². The van der Waals surface area contributed by atoms with E-state index in [-0.39, 0.29) is 11.9 Å². The maximum atomic E-state index is 13.3. The van der Waals surface area contributed by atoms with Gasteiger partial charge in [0, 0.05) is 33.2 Å². The maximum absolute atomic E-state index is 13.3. The lowest BCUT2D eigenvalue weighted by Gasteiger charge is -2.32. The number of hydrogen-bond donors (Lipinski definition) is 1. The molecule has 1 unspecified atom stereocenters. The molecule has 0 amide bonds. The van der Waals surface area contributed by atoms with E-state index in [4.69, 9.17) is 0 Å². The number of nitrogens with zero attached hydrogens (tertiary/aromatic N) is 3. The summed E-state index contributed by atoms with van der Waals surface area (Å²) < 4.78 is 15.3. The average Bonchev–Trinajstić information content (AvgIpc) is 2.76. The van der Waals surface area contributed by atoms with Gasteiger partial charge in [0.1, 0.15) is 11.6 Å². The minimum atomic E-state index is -0.211. The van der Waals surface area contributed by atoms with Gasteiger partial charge in [0.05, 0.1) is 17.1 Å². The number of fused-ring (bicyclic) bond motifs is 1. The first-order chi connectivity index (χ1) is 9.16. The molecule has 0 radical (unpaired) electrons. The molecule has 0 bridgehead atoms. The third-order valence-corrected chi connectivity index (χ3v) is 3.95. The van der Waals surface area contributed by atoms with Crippen LogP contribution in [0.3, 0.4) is 0 Å². The van der Waals surface area contributed by atoms with Crippen molar-refractivity contribution in [2.75, 3.05) is 26.2 Å². The highest BCUT2D eigenvalue weighted by Gasteiger charge is 2.22. The molecule has 1 saturated heterocycles. The lowest BCUT2D eigenvalue weighted by Crippen LogP contribution is -2.44. The van der Waals surface area contributed by atoms with Gasteiger partial charge in [-0.3, -0.25) is 4.90 Å². The highest BCUT2D eigenvalue weighted by molar-refractivity contribution is 5.76. The molecule has 102 valence electrons. The summed E-state index contributed by atoms with van der Waals surface area (Å²) in [5, 5.41) is 3.35. The molecule has 1 fully saturated rings. The molecule has 19 heavy (non-hydrogen) atoms. The summed E-state index contributed by atoms with van der Waals surface area (Å²) in [5.41, 5.74) is 1.72. The van der Waals surface area contributed by atoms with E-state index in [0.717, 1.165) is 43.0 Å². The summed E-state index contributed by atoms with van der Waals surface area (Å²) in [7, 11) is 1.96. The van der Waals surface area contributed by atoms with Crippen LogP contribution in [-0.2, 0) is 7.05 Å². The minimum Gasteiger partial charge on any atom is -0.330 e. The molecule has 2 aromatic rings. The van der Waals surface area contributed by atoms with Crippen molar-refractivity contribution in [3.63, 3.8) is 0 Å². The Labute approximate surface area is 112 Å². The normalized spacial score (nSPS) is 18.9. The second kappa shape index (κ2) is 4.90. The molecule has 1 aromatic heterocycles. The van der Waals surface area contributed by atoms with Crippen LogP contribution < -0.4 is 5.32 Å². The summed E-state index contributed by atoms with van der Waals surface area (Å²) in [5.74, 6) is 0.791. The van der Waals surface area contributed by atoms with E-state index in [2.05, 4.69) is 22.1 Å². The minimum absolute atomic E-state index is 0.211. The quantitative estimate of drug-likeness (QED) is 0.894. The first kappa shape index (κ1) is 12.6. The highest BCUT2D eigenvalue weighted by atomic mass is 19.1. The second-order valence-corrected chi connectivity index (χ2v) is 5.12. The number of aryl methyl sites for hydroxylation is 1. The van der Waals surface area contributed by atoms with E-state index >= 15 is 0 Å². The average molecular weight is 262 g/mol. The molecule has 1 N–H and O–H groups in total. The topological polar surface area (TPSA) is 33.1 Å². The predicted octanol–water partition coefficient (Wildman–Crippen LogP) is 1.68. The maximum Gasteiger partial charge on any atom is 0.126 e. The summed E-state index contributed by atoms with van der Waals surface area (Å²) in [6, 6.07) is 5.02. The Morgan fingerprint density at radius 3 is 2.79 bits per heavy atom. The van der Waals surface area contributed by atoms with Crippen LogP contribution in [0.25, 0.3) is 11.0 Å². The van der Waals surface area contributed by atoms with E-state index in [9.17, 15) is 4.39 Å². The number of benzene rings is 1. The van der Waals surface area contributed by atoms with Crippen LogP contribution in [0, 0.1) is 5.82 Å². The van der Waals surface area contributed by atoms with Gasteiger partial charge in [0.15, 0.2) is 0 Å². The standard InChI is InChI=1S/C14H19FN4/c1-10(19-7-5-16-6-8-19)14-17-12-4-3-11(15)9-13(12)18(14)2/h3-4,9-10,16H,5-8H2,1-2H3. The summed E-state index contributed by atoms with van der Waals surface area (Å²) in [6.07, 6.45) is 0. The molecule has 0 saturated carbocycles. The number of nitrogens with one attached hydrogen (secondary N) is 1. The van der Waals surface area contributed by atoms with Crippen molar-refractivity contribution in [3.05, 3.63) is 29.8 Å². The largest absolute Gasteiger partial charge is 0.330 e. The Bertz CT molecular complexity index is 586. The van der Waals surface area contributed by atoms with Crippen molar-refractivity contribution in [1.29, 1.82) is 0 Å². The molecule has 1 atom stereocenters. The third kappa shape index (κ3) is 2.24. The lowest BCUT2D eigenvalue weighted by molar-refractivity contribution is 0.177. The molecule has 0 aliphatic carbocycles. The summed E-state index contributed by atoms with van der Waals surface area (Å²) in [6.45, 7) is 6.26. The summed E-state index contributed by atoms with van der Waals surface area (Å²) >= 11 is 0. The van der Waals surface area contributed by atoms with Crippen molar-refractivity contribution in [1.82, 2.24) is 19.8 Å². The smallest absolute Gasteiger partial charge is 0.126 e. The lowest BCUT2D eigenvalue weighted by atomic mass is 10.2. The van der Waals surface area contributed by atoms with E-state index in [1.54, 1.807) is 12.1 Å². The molecular weight excluding hydrogens is 243 g/mol.